The van der Waals surface area contributed by atoms with Gasteiger partial charge in [-0.3, -0.25) is 0 Å². The maximum absolute atomic E-state index is 2.42. The first-order valence-electron chi connectivity index (χ1n) is 21.2. The predicted octanol–water partition coefficient (Wildman–Crippen LogP) is 17.2. The van der Waals surface area contributed by atoms with Crippen LogP contribution in [0.1, 0.15) is 0 Å². The molecule has 0 unspecified atom stereocenters. The molecule has 10 aromatic carbocycles. The van der Waals surface area contributed by atoms with Crippen LogP contribution < -0.4 is 0 Å². The second-order valence-corrected chi connectivity index (χ2v) is 17.1. The van der Waals surface area contributed by atoms with Crippen LogP contribution in [0.5, 0.6) is 0 Å². The van der Waals surface area contributed by atoms with Gasteiger partial charge in [-0.2, -0.15) is 0 Å². The summed E-state index contributed by atoms with van der Waals surface area (Å²) < 4.78 is 5.05. The van der Waals surface area contributed by atoms with Crippen molar-refractivity contribution in [3.8, 4) is 72.4 Å². The van der Waals surface area contributed by atoms with Gasteiger partial charge >= 0.3 is 0 Å². The monoisotopic (exact) mass is 805 g/mol. The number of thiophene rings is 1. The first-order valence-corrected chi connectivity index (χ1v) is 22.1. The molecule has 2 heteroatoms. The second-order valence-electron chi connectivity index (χ2n) is 16.1. The average molecular weight is 806 g/mol. The summed E-state index contributed by atoms with van der Waals surface area (Å²) in [6.45, 7) is 0. The number of fused-ring (bicyclic) bond motifs is 6. The molecule has 0 amide bonds. The minimum Gasteiger partial charge on any atom is -0.309 e. The molecule has 0 aliphatic carbocycles. The summed E-state index contributed by atoms with van der Waals surface area (Å²) in [7, 11) is 0. The number of para-hydroxylation sites is 1. The molecule has 0 aliphatic rings. The Morgan fingerprint density at radius 3 is 1.35 bits per heavy atom. The van der Waals surface area contributed by atoms with E-state index in [1.807, 2.05) is 11.3 Å². The fourth-order valence-corrected chi connectivity index (χ4v) is 10.8. The molecule has 0 radical (unpaired) electrons. The normalized spacial score (nSPS) is 11.5. The van der Waals surface area contributed by atoms with Gasteiger partial charge in [-0.1, -0.05) is 188 Å². The molecule has 12 rings (SSSR count). The van der Waals surface area contributed by atoms with Gasteiger partial charge in [-0.25, -0.2) is 0 Å². The summed E-state index contributed by atoms with van der Waals surface area (Å²) >= 11 is 1.91. The third-order valence-electron chi connectivity index (χ3n) is 12.4. The second kappa shape index (κ2) is 15.0. The number of rotatable bonds is 7. The number of benzene rings is 10. The van der Waals surface area contributed by atoms with E-state index in [1.54, 1.807) is 0 Å². The minimum atomic E-state index is 1.15. The third-order valence-corrected chi connectivity index (χ3v) is 13.7. The molecule has 0 saturated carbocycles. The Kier molecular flexibility index (Phi) is 8.76. The fourth-order valence-electron chi connectivity index (χ4n) is 9.38. The first-order chi connectivity index (χ1) is 30.7. The minimum absolute atomic E-state index is 1.15. The van der Waals surface area contributed by atoms with E-state index in [1.165, 1.54) is 109 Å². The highest BCUT2D eigenvalue weighted by molar-refractivity contribution is 7.26. The molecule has 0 saturated heterocycles. The van der Waals surface area contributed by atoms with Crippen molar-refractivity contribution in [2.75, 3.05) is 0 Å². The van der Waals surface area contributed by atoms with E-state index in [2.05, 4.69) is 241 Å². The molecule has 12 aromatic rings. The van der Waals surface area contributed by atoms with E-state index in [0.717, 1.165) is 5.69 Å². The Hall–Kier alpha value is -7.78. The van der Waals surface area contributed by atoms with Crippen LogP contribution in [0.25, 0.3) is 114 Å². The van der Waals surface area contributed by atoms with Gasteiger partial charge in [0.05, 0.1) is 11.0 Å². The zero-order valence-electron chi connectivity index (χ0n) is 33.9. The largest absolute Gasteiger partial charge is 0.309 e. The lowest BCUT2D eigenvalue weighted by molar-refractivity contribution is 1.18. The maximum Gasteiger partial charge on any atom is 0.0541 e. The van der Waals surface area contributed by atoms with Gasteiger partial charge in [0.15, 0.2) is 0 Å². The summed E-state index contributed by atoms with van der Waals surface area (Å²) in [5.74, 6) is 0. The van der Waals surface area contributed by atoms with Gasteiger partial charge < -0.3 is 4.57 Å². The highest BCUT2D eigenvalue weighted by Gasteiger charge is 2.18. The van der Waals surface area contributed by atoms with E-state index >= 15 is 0 Å². The number of hydrogen-bond donors (Lipinski definition) is 0. The lowest BCUT2D eigenvalue weighted by Crippen LogP contribution is -1.94. The van der Waals surface area contributed by atoms with Crippen molar-refractivity contribution in [1.82, 2.24) is 4.57 Å². The van der Waals surface area contributed by atoms with Gasteiger partial charge in [0.25, 0.3) is 0 Å². The summed E-state index contributed by atoms with van der Waals surface area (Å²) in [5.41, 5.74) is 18.2. The number of hydrogen-bond acceptors (Lipinski definition) is 1. The third kappa shape index (κ3) is 6.24. The van der Waals surface area contributed by atoms with Crippen molar-refractivity contribution in [2.24, 2.45) is 0 Å². The maximum atomic E-state index is 2.42. The Balaban J connectivity index is 1.04. The molecule has 0 spiro atoms. The number of aromatic nitrogens is 1. The Bertz CT molecular complexity index is 3600. The summed E-state index contributed by atoms with van der Waals surface area (Å²) in [4.78, 5) is 0. The lowest BCUT2D eigenvalue weighted by atomic mass is 9.91. The van der Waals surface area contributed by atoms with Crippen molar-refractivity contribution in [1.29, 1.82) is 0 Å². The van der Waals surface area contributed by atoms with Gasteiger partial charge in [0, 0.05) is 36.6 Å². The molecule has 0 fully saturated rings. The van der Waals surface area contributed by atoms with Crippen LogP contribution >= 0.6 is 11.3 Å². The highest BCUT2D eigenvalue weighted by Crippen LogP contribution is 2.45. The Labute approximate surface area is 365 Å². The predicted molar refractivity (Wildman–Crippen MR) is 266 cm³/mol. The standard InChI is InChI=1S/C60H39NS/c1-4-15-40(16-5-1)42-29-31-43(32-30-42)47-35-48(37-49(36-47)52-25-14-27-55-54-26-13-24-51(59(54)62-60(52)55)44-19-8-3-9-20-44)46-33-34-58-56(39-46)53-23-10-11-28-57(53)61(58)50-22-12-21-45(38-50)41-17-6-2-7-18-41/h1-39H. The summed E-state index contributed by atoms with van der Waals surface area (Å²) in [5, 5.41) is 5.08. The zero-order valence-corrected chi connectivity index (χ0v) is 34.7. The van der Waals surface area contributed by atoms with Crippen molar-refractivity contribution in [3.63, 3.8) is 0 Å². The molecule has 2 aromatic heterocycles. The van der Waals surface area contributed by atoms with Gasteiger partial charge in [0.1, 0.15) is 0 Å². The number of nitrogens with zero attached hydrogens (tertiary/aromatic N) is 1. The first kappa shape index (κ1) is 36.1. The van der Waals surface area contributed by atoms with Crippen LogP contribution in [0.2, 0.25) is 0 Å². The molecule has 0 N–H and O–H groups in total. The van der Waals surface area contributed by atoms with E-state index in [0.29, 0.717) is 0 Å². The lowest BCUT2D eigenvalue weighted by Gasteiger charge is -2.13. The molecule has 0 atom stereocenters. The highest BCUT2D eigenvalue weighted by atomic mass is 32.1. The van der Waals surface area contributed by atoms with Crippen molar-refractivity contribution in [3.05, 3.63) is 237 Å². The molecular weight excluding hydrogens is 767 g/mol. The quantitative estimate of drug-likeness (QED) is 0.151. The van der Waals surface area contributed by atoms with E-state index in [4.69, 9.17) is 0 Å². The molecule has 1 nitrogen and oxygen atoms in total. The molecule has 0 bridgehead atoms. The average Bonchev–Trinajstić information content (AvgIpc) is 3.91. The SMILES string of the molecule is c1ccc(-c2ccc(-c3cc(-c4ccc5c(c4)c4ccccc4n5-c4cccc(-c5ccccc5)c4)cc(-c4cccc5c4sc4c(-c6ccccc6)cccc45)c3)cc2)cc1. The van der Waals surface area contributed by atoms with E-state index in [-0.39, 0.29) is 0 Å². The molecule has 0 aliphatic heterocycles. The fraction of sp³-hybridized carbons (Fsp3) is 0. The van der Waals surface area contributed by atoms with Gasteiger partial charge in [-0.05, 0) is 115 Å². The van der Waals surface area contributed by atoms with Gasteiger partial charge in [-0.15, -0.1) is 11.3 Å². The molecule has 62 heavy (non-hydrogen) atoms. The smallest absolute Gasteiger partial charge is 0.0541 e. The van der Waals surface area contributed by atoms with Crippen molar-refractivity contribution >= 4 is 53.3 Å². The Morgan fingerprint density at radius 1 is 0.242 bits per heavy atom. The summed E-state index contributed by atoms with van der Waals surface area (Å²) in [6.07, 6.45) is 0. The molecule has 290 valence electrons. The summed E-state index contributed by atoms with van der Waals surface area (Å²) in [6, 6.07) is 86.6. The van der Waals surface area contributed by atoms with Crippen LogP contribution in [0.4, 0.5) is 0 Å². The molecule has 2 heterocycles. The van der Waals surface area contributed by atoms with Crippen LogP contribution in [0, 0.1) is 0 Å². The van der Waals surface area contributed by atoms with Gasteiger partial charge in [0.2, 0.25) is 0 Å². The van der Waals surface area contributed by atoms with Crippen LogP contribution in [-0.4, -0.2) is 4.57 Å². The van der Waals surface area contributed by atoms with Crippen LogP contribution in [0.15, 0.2) is 237 Å². The van der Waals surface area contributed by atoms with Crippen molar-refractivity contribution in [2.45, 2.75) is 0 Å². The van der Waals surface area contributed by atoms with E-state index < -0.39 is 0 Å². The molecular formula is C60H39NS. The topological polar surface area (TPSA) is 4.93 Å². The van der Waals surface area contributed by atoms with Crippen LogP contribution in [0.3, 0.4) is 0 Å². The van der Waals surface area contributed by atoms with Crippen LogP contribution in [-0.2, 0) is 0 Å². The zero-order chi connectivity index (χ0) is 41.0. The van der Waals surface area contributed by atoms with E-state index in [9.17, 15) is 0 Å². The Morgan fingerprint density at radius 2 is 0.677 bits per heavy atom. The van der Waals surface area contributed by atoms with Crippen molar-refractivity contribution < 1.29 is 0 Å².